The molecule has 1 saturated carbocycles. The van der Waals surface area contributed by atoms with Crippen LogP contribution in [0.2, 0.25) is 0 Å². The molecular formula is C11H19NO3. The van der Waals surface area contributed by atoms with Crippen LogP contribution in [0.25, 0.3) is 0 Å². The van der Waals surface area contributed by atoms with Gasteiger partial charge in [-0.2, -0.15) is 0 Å². The topological polar surface area (TPSA) is 60.8 Å². The number of carbonyl (C=O) groups is 1. The predicted molar refractivity (Wildman–Crippen MR) is 55.6 cm³/mol. The highest BCUT2D eigenvalue weighted by Crippen LogP contribution is 2.31. The van der Waals surface area contributed by atoms with E-state index >= 15 is 0 Å². The van der Waals surface area contributed by atoms with Gasteiger partial charge in [-0.1, -0.05) is 0 Å². The molecule has 0 amide bonds. The molecule has 15 heavy (non-hydrogen) atoms. The van der Waals surface area contributed by atoms with Crippen LogP contribution in [0.15, 0.2) is 0 Å². The molecule has 2 rings (SSSR count). The number of carboxylic acids is 1. The van der Waals surface area contributed by atoms with Crippen LogP contribution in [0.3, 0.4) is 0 Å². The molecule has 4 heteroatoms. The summed E-state index contributed by atoms with van der Waals surface area (Å²) in [5.41, 5.74) is 0. The van der Waals surface area contributed by atoms with E-state index in [1.165, 1.54) is 0 Å². The summed E-state index contributed by atoms with van der Waals surface area (Å²) < 4.78 is 0. The Bertz CT molecular complexity index is 236. The Kier molecular flexibility index (Phi) is 3.26. The summed E-state index contributed by atoms with van der Waals surface area (Å²) in [6.45, 7) is 1.86. The van der Waals surface area contributed by atoms with Gasteiger partial charge < -0.3 is 15.1 Å². The van der Waals surface area contributed by atoms with Gasteiger partial charge in [-0.05, 0) is 32.1 Å². The summed E-state index contributed by atoms with van der Waals surface area (Å²) in [6.07, 6.45) is 4.16. The molecular weight excluding hydrogens is 194 g/mol. The molecule has 0 radical (unpaired) electrons. The molecule has 2 atom stereocenters. The molecule has 0 aromatic carbocycles. The van der Waals surface area contributed by atoms with Crippen molar-refractivity contribution in [3.63, 3.8) is 0 Å². The number of likely N-dealkylation sites (tertiary alicyclic amines) is 1. The number of carboxylic acid groups (broad SMARTS) is 1. The third-order valence-electron chi connectivity index (χ3n) is 3.77. The number of piperidine rings is 1. The number of nitrogens with zero attached hydrogens (tertiary/aromatic N) is 1. The summed E-state index contributed by atoms with van der Waals surface area (Å²) in [5.74, 6) is -0.781. The first-order chi connectivity index (χ1) is 7.16. The first kappa shape index (κ1) is 10.9. The third-order valence-corrected chi connectivity index (χ3v) is 3.77. The van der Waals surface area contributed by atoms with Crippen LogP contribution in [-0.2, 0) is 4.79 Å². The van der Waals surface area contributed by atoms with Crippen molar-refractivity contribution in [1.82, 2.24) is 4.90 Å². The first-order valence-corrected chi connectivity index (χ1v) is 5.81. The fourth-order valence-electron chi connectivity index (χ4n) is 2.76. The van der Waals surface area contributed by atoms with Gasteiger partial charge in [0.2, 0.25) is 0 Å². The Balaban J connectivity index is 1.83. The number of hydrogen-bond acceptors (Lipinski definition) is 3. The summed E-state index contributed by atoms with van der Waals surface area (Å²) in [7, 11) is 0. The lowest BCUT2D eigenvalue weighted by molar-refractivity contribution is -0.141. The molecule has 86 valence electrons. The van der Waals surface area contributed by atoms with Crippen molar-refractivity contribution in [2.75, 3.05) is 13.1 Å². The maximum atomic E-state index is 10.8. The van der Waals surface area contributed by atoms with Gasteiger partial charge in [0.25, 0.3) is 0 Å². The highest BCUT2D eigenvalue weighted by atomic mass is 16.4. The lowest BCUT2D eigenvalue weighted by Gasteiger charge is -2.34. The monoisotopic (exact) mass is 213 g/mol. The van der Waals surface area contributed by atoms with Crippen LogP contribution in [0.1, 0.15) is 32.1 Å². The van der Waals surface area contributed by atoms with Gasteiger partial charge in [0.1, 0.15) is 0 Å². The fourth-order valence-corrected chi connectivity index (χ4v) is 2.76. The Morgan fingerprint density at radius 3 is 2.33 bits per heavy atom. The van der Waals surface area contributed by atoms with Crippen LogP contribution >= 0.6 is 0 Å². The average molecular weight is 213 g/mol. The SMILES string of the molecule is O=C(O)C1CCC(N2CCC(O)CC2)C1. The molecule has 0 aromatic rings. The van der Waals surface area contributed by atoms with Crippen molar-refractivity contribution in [3.8, 4) is 0 Å². The molecule has 1 aliphatic heterocycles. The van der Waals surface area contributed by atoms with E-state index in [0.29, 0.717) is 6.04 Å². The molecule has 1 heterocycles. The quantitative estimate of drug-likeness (QED) is 0.708. The van der Waals surface area contributed by atoms with Crippen molar-refractivity contribution in [1.29, 1.82) is 0 Å². The van der Waals surface area contributed by atoms with Crippen molar-refractivity contribution >= 4 is 5.97 Å². The summed E-state index contributed by atoms with van der Waals surface area (Å²) in [5, 5.41) is 18.3. The molecule has 1 saturated heterocycles. The van der Waals surface area contributed by atoms with Gasteiger partial charge in [0.15, 0.2) is 0 Å². The second kappa shape index (κ2) is 4.49. The van der Waals surface area contributed by atoms with Crippen molar-refractivity contribution in [2.45, 2.75) is 44.2 Å². The normalized spacial score (nSPS) is 34.5. The molecule has 0 aromatic heterocycles. The van der Waals surface area contributed by atoms with Crippen molar-refractivity contribution in [3.05, 3.63) is 0 Å². The number of aliphatic hydroxyl groups excluding tert-OH is 1. The summed E-state index contributed by atoms with van der Waals surface area (Å²) in [6, 6.07) is 0.443. The van der Waals surface area contributed by atoms with Gasteiger partial charge >= 0.3 is 5.97 Å². The Morgan fingerprint density at radius 2 is 1.80 bits per heavy atom. The molecule has 2 N–H and O–H groups in total. The standard InChI is InChI=1S/C11H19NO3/c13-10-3-5-12(6-4-10)9-2-1-8(7-9)11(14)15/h8-10,13H,1-7H2,(H,14,15). The predicted octanol–water partition coefficient (Wildman–Crippen LogP) is 0.696. The van der Waals surface area contributed by atoms with Gasteiger partial charge in [0, 0.05) is 19.1 Å². The molecule has 0 bridgehead atoms. The van der Waals surface area contributed by atoms with Crippen LogP contribution < -0.4 is 0 Å². The van der Waals surface area contributed by atoms with E-state index in [1.54, 1.807) is 0 Å². The highest BCUT2D eigenvalue weighted by molar-refractivity contribution is 5.70. The van der Waals surface area contributed by atoms with E-state index in [2.05, 4.69) is 4.90 Å². The zero-order valence-corrected chi connectivity index (χ0v) is 8.93. The third kappa shape index (κ3) is 2.49. The van der Waals surface area contributed by atoms with Gasteiger partial charge in [-0.3, -0.25) is 4.79 Å². The smallest absolute Gasteiger partial charge is 0.306 e. The van der Waals surface area contributed by atoms with Gasteiger partial charge in [0.05, 0.1) is 12.0 Å². The van der Waals surface area contributed by atoms with E-state index in [1.807, 2.05) is 0 Å². The van der Waals surface area contributed by atoms with Crippen LogP contribution in [0.4, 0.5) is 0 Å². The first-order valence-electron chi connectivity index (χ1n) is 5.81. The second-order valence-electron chi connectivity index (χ2n) is 4.77. The average Bonchev–Trinajstić information content (AvgIpc) is 2.68. The van der Waals surface area contributed by atoms with Gasteiger partial charge in [-0.25, -0.2) is 0 Å². The maximum Gasteiger partial charge on any atom is 0.306 e. The van der Waals surface area contributed by atoms with Crippen molar-refractivity contribution in [2.24, 2.45) is 5.92 Å². The second-order valence-corrected chi connectivity index (χ2v) is 4.77. The molecule has 2 fully saturated rings. The fraction of sp³-hybridized carbons (Fsp3) is 0.909. The van der Waals surface area contributed by atoms with Gasteiger partial charge in [-0.15, -0.1) is 0 Å². The van der Waals surface area contributed by atoms with E-state index in [4.69, 9.17) is 5.11 Å². The van der Waals surface area contributed by atoms with E-state index < -0.39 is 5.97 Å². The zero-order chi connectivity index (χ0) is 10.8. The van der Waals surface area contributed by atoms with E-state index in [0.717, 1.165) is 45.2 Å². The number of aliphatic hydroxyl groups is 1. The minimum Gasteiger partial charge on any atom is -0.481 e. The summed E-state index contributed by atoms with van der Waals surface area (Å²) in [4.78, 5) is 13.2. The minimum absolute atomic E-state index is 0.137. The highest BCUT2D eigenvalue weighted by Gasteiger charge is 2.34. The Hall–Kier alpha value is -0.610. The molecule has 0 spiro atoms. The summed E-state index contributed by atoms with van der Waals surface area (Å²) >= 11 is 0. The van der Waals surface area contributed by atoms with E-state index in [9.17, 15) is 9.90 Å². The molecule has 2 aliphatic rings. The van der Waals surface area contributed by atoms with Crippen LogP contribution in [0, 0.1) is 5.92 Å². The van der Waals surface area contributed by atoms with E-state index in [-0.39, 0.29) is 12.0 Å². The lowest BCUT2D eigenvalue weighted by Crippen LogP contribution is -2.41. The number of hydrogen-bond donors (Lipinski definition) is 2. The maximum absolute atomic E-state index is 10.8. The Morgan fingerprint density at radius 1 is 1.13 bits per heavy atom. The number of rotatable bonds is 2. The lowest BCUT2D eigenvalue weighted by atomic mass is 10.0. The van der Waals surface area contributed by atoms with Crippen molar-refractivity contribution < 1.29 is 15.0 Å². The minimum atomic E-state index is -0.644. The molecule has 2 unspecified atom stereocenters. The number of aliphatic carboxylic acids is 1. The zero-order valence-electron chi connectivity index (χ0n) is 8.93. The van der Waals surface area contributed by atoms with Crippen LogP contribution in [0.5, 0.6) is 0 Å². The Labute approximate surface area is 89.9 Å². The molecule has 4 nitrogen and oxygen atoms in total. The van der Waals surface area contributed by atoms with Crippen LogP contribution in [-0.4, -0.2) is 46.3 Å². The molecule has 1 aliphatic carbocycles. The largest absolute Gasteiger partial charge is 0.481 e.